The summed E-state index contributed by atoms with van der Waals surface area (Å²) in [5.41, 5.74) is 5.40. The monoisotopic (exact) mass is 245 g/mol. The number of nitrogens with zero attached hydrogens (tertiary/aromatic N) is 1. The second-order valence-electron chi connectivity index (χ2n) is 5.10. The first kappa shape index (κ1) is 13.5. The molecule has 0 bridgehead atoms. The molecule has 0 unspecified atom stereocenters. The summed E-state index contributed by atoms with van der Waals surface area (Å²) in [5, 5.41) is 11.0. The van der Waals surface area contributed by atoms with Crippen LogP contribution in [0.4, 0.5) is 0 Å². The third kappa shape index (κ3) is 5.37. The Labute approximate surface area is 105 Å². The maximum atomic E-state index is 11.0. The predicted octanol–water partition coefficient (Wildman–Crippen LogP) is 2.67. The SMILES string of the molecule is C/[N+]([O-])=C/c1ccccc1CC#C[Si](C)(C)C. The van der Waals surface area contributed by atoms with Crippen molar-refractivity contribution in [2.24, 2.45) is 0 Å². The van der Waals surface area contributed by atoms with Crippen LogP contribution in [0.3, 0.4) is 0 Å². The number of hydroxylamine groups is 1. The van der Waals surface area contributed by atoms with Crippen molar-refractivity contribution in [2.45, 2.75) is 26.1 Å². The Kier molecular flexibility index (Phi) is 4.53. The van der Waals surface area contributed by atoms with Gasteiger partial charge in [0.25, 0.3) is 0 Å². The quantitative estimate of drug-likeness (QED) is 0.196. The first-order valence-electron chi connectivity index (χ1n) is 5.71. The van der Waals surface area contributed by atoms with Crippen LogP contribution in [0.15, 0.2) is 24.3 Å². The molecule has 0 N–H and O–H groups in total. The van der Waals surface area contributed by atoms with Gasteiger partial charge in [-0.1, -0.05) is 37.8 Å². The molecule has 0 aliphatic rings. The minimum atomic E-state index is -1.30. The van der Waals surface area contributed by atoms with Crippen LogP contribution in [-0.2, 0) is 6.42 Å². The van der Waals surface area contributed by atoms with E-state index in [1.54, 1.807) is 6.21 Å². The second-order valence-corrected chi connectivity index (χ2v) is 9.85. The fourth-order valence-corrected chi connectivity index (χ4v) is 2.04. The van der Waals surface area contributed by atoms with Gasteiger partial charge in [-0.25, -0.2) is 4.74 Å². The highest BCUT2D eigenvalue weighted by molar-refractivity contribution is 6.83. The third-order valence-electron chi connectivity index (χ3n) is 2.12. The molecule has 0 fully saturated rings. The molecule has 90 valence electrons. The van der Waals surface area contributed by atoms with E-state index in [4.69, 9.17) is 0 Å². The molecule has 0 atom stereocenters. The van der Waals surface area contributed by atoms with Crippen LogP contribution >= 0.6 is 0 Å². The minimum Gasteiger partial charge on any atom is -0.624 e. The summed E-state index contributed by atoms with van der Waals surface area (Å²) in [6, 6.07) is 7.88. The van der Waals surface area contributed by atoms with Crippen molar-refractivity contribution in [3.05, 3.63) is 40.6 Å². The molecule has 3 heteroatoms. The fraction of sp³-hybridized carbons (Fsp3) is 0.357. The van der Waals surface area contributed by atoms with Crippen molar-refractivity contribution in [1.29, 1.82) is 0 Å². The molecule has 0 saturated heterocycles. The molecule has 0 aliphatic carbocycles. The van der Waals surface area contributed by atoms with E-state index in [0.29, 0.717) is 6.42 Å². The van der Waals surface area contributed by atoms with Gasteiger partial charge in [-0.15, -0.1) is 11.5 Å². The second kappa shape index (κ2) is 5.69. The molecule has 1 rings (SSSR count). The Morgan fingerprint density at radius 3 is 2.53 bits per heavy atom. The normalized spacial score (nSPS) is 11.9. The van der Waals surface area contributed by atoms with E-state index in [-0.39, 0.29) is 0 Å². The van der Waals surface area contributed by atoms with Crippen molar-refractivity contribution in [1.82, 2.24) is 0 Å². The average Bonchev–Trinajstić information content (AvgIpc) is 2.18. The van der Waals surface area contributed by atoms with Gasteiger partial charge in [-0.2, -0.15) is 0 Å². The minimum absolute atomic E-state index is 0.713. The summed E-state index contributed by atoms with van der Waals surface area (Å²) in [6.07, 6.45) is 2.30. The molecule has 0 heterocycles. The van der Waals surface area contributed by atoms with Crippen LogP contribution in [0.5, 0.6) is 0 Å². The van der Waals surface area contributed by atoms with Gasteiger partial charge in [0.1, 0.15) is 15.1 Å². The smallest absolute Gasteiger partial charge is 0.181 e. The third-order valence-corrected chi connectivity index (χ3v) is 3.04. The summed E-state index contributed by atoms with van der Waals surface area (Å²) >= 11 is 0. The molecular formula is C14H19NOSi. The van der Waals surface area contributed by atoms with E-state index >= 15 is 0 Å². The maximum absolute atomic E-state index is 11.0. The summed E-state index contributed by atoms with van der Waals surface area (Å²) < 4.78 is 0.824. The molecule has 1 aromatic carbocycles. The molecule has 0 radical (unpaired) electrons. The van der Waals surface area contributed by atoms with E-state index in [0.717, 1.165) is 15.9 Å². The van der Waals surface area contributed by atoms with Crippen LogP contribution in [0.25, 0.3) is 0 Å². The van der Waals surface area contributed by atoms with Crippen LogP contribution < -0.4 is 0 Å². The topological polar surface area (TPSA) is 26.1 Å². The molecule has 17 heavy (non-hydrogen) atoms. The fourth-order valence-electron chi connectivity index (χ4n) is 1.42. The van der Waals surface area contributed by atoms with Gasteiger partial charge in [0.05, 0.1) is 0 Å². The van der Waals surface area contributed by atoms with Gasteiger partial charge >= 0.3 is 0 Å². The summed E-state index contributed by atoms with van der Waals surface area (Å²) in [4.78, 5) is 0. The lowest BCUT2D eigenvalue weighted by Crippen LogP contribution is -2.16. The van der Waals surface area contributed by atoms with Gasteiger partial charge in [0.2, 0.25) is 0 Å². The summed E-state index contributed by atoms with van der Waals surface area (Å²) in [7, 11) is 0.187. The Hall–Kier alpha value is -1.53. The van der Waals surface area contributed by atoms with Crippen LogP contribution in [-0.4, -0.2) is 26.1 Å². The summed E-state index contributed by atoms with van der Waals surface area (Å²) in [5.74, 6) is 3.23. The Balaban J connectivity index is 2.91. The van der Waals surface area contributed by atoms with E-state index in [9.17, 15) is 5.21 Å². The first-order chi connectivity index (χ1) is 7.88. The van der Waals surface area contributed by atoms with Crippen LogP contribution in [0.1, 0.15) is 11.1 Å². The molecule has 2 nitrogen and oxygen atoms in total. The lowest BCUT2D eigenvalue weighted by molar-refractivity contribution is -0.416. The van der Waals surface area contributed by atoms with Crippen LogP contribution in [0, 0.1) is 16.7 Å². The van der Waals surface area contributed by atoms with Crippen molar-refractivity contribution < 1.29 is 4.74 Å². The molecule has 0 amide bonds. The van der Waals surface area contributed by atoms with Gasteiger partial charge in [0.15, 0.2) is 6.21 Å². The van der Waals surface area contributed by atoms with E-state index in [1.165, 1.54) is 7.05 Å². The largest absolute Gasteiger partial charge is 0.624 e. The van der Waals surface area contributed by atoms with E-state index in [1.807, 2.05) is 24.3 Å². The Bertz CT molecular complexity index is 471. The summed E-state index contributed by atoms with van der Waals surface area (Å²) in [6.45, 7) is 6.68. The lowest BCUT2D eigenvalue weighted by atomic mass is 10.1. The molecule has 0 aromatic heterocycles. The zero-order chi connectivity index (χ0) is 12.9. The standard InChI is InChI=1S/C14H19NOSi/c1-15(16)12-14-9-6-5-8-13(14)10-7-11-17(2,3)4/h5-6,8-9,12H,10H2,1-4H3/b15-12-. The van der Waals surface area contributed by atoms with Crippen molar-refractivity contribution >= 4 is 14.3 Å². The number of hydrogen-bond donors (Lipinski definition) is 0. The van der Waals surface area contributed by atoms with Crippen molar-refractivity contribution in [2.75, 3.05) is 7.05 Å². The van der Waals surface area contributed by atoms with Gasteiger partial charge in [-0.3, -0.25) is 0 Å². The van der Waals surface area contributed by atoms with E-state index < -0.39 is 8.07 Å². The number of rotatable bonds is 2. The predicted molar refractivity (Wildman–Crippen MR) is 76.0 cm³/mol. The lowest BCUT2D eigenvalue weighted by Gasteiger charge is -2.04. The number of hydrogen-bond acceptors (Lipinski definition) is 1. The zero-order valence-electron chi connectivity index (χ0n) is 10.9. The molecule has 1 aromatic rings. The van der Waals surface area contributed by atoms with Gasteiger partial charge < -0.3 is 5.21 Å². The Morgan fingerprint density at radius 1 is 1.29 bits per heavy atom. The van der Waals surface area contributed by atoms with Gasteiger partial charge in [-0.05, 0) is 11.6 Å². The highest BCUT2D eigenvalue weighted by atomic mass is 28.3. The molecule has 0 spiro atoms. The van der Waals surface area contributed by atoms with Gasteiger partial charge in [0, 0.05) is 12.0 Å². The first-order valence-corrected chi connectivity index (χ1v) is 9.21. The molecular weight excluding hydrogens is 226 g/mol. The average molecular weight is 245 g/mol. The van der Waals surface area contributed by atoms with Crippen LogP contribution in [0.2, 0.25) is 19.6 Å². The zero-order valence-corrected chi connectivity index (χ0v) is 11.9. The Morgan fingerprint density at radius 2 is 1.94 bits per heavy atom. The highest BCUT2D eigenvalue weighted by Crippen LogP contribution is 2.07. The highest BCUT2D eigenvalue weighted by Gasteiger charge is 2.07. The molecule has 0 saturated carbocycles. The number of benzene rings is 1. The maximum Gasteiger partial charge on any atom is 0.181 e. The van der Waals surface area contributed by atoms with Crippen molar-refractivity contribution in [3.63, 3.8) is 0 Å². The van der Waals surface area contributed by atoms with E-state index in [2.05, 4.69) is 31.1 Å². The molecule has 0 aliphatic heterocycles. The van der Waals surface area contributed by atoms with Crippen molar-refractivity contribution in [3.8, 4) is 11.5 Å².